The average molecular weight is 361 g/mol. The molecule has 3 nitrogen and oxygen atoms in total. The molecule has 0 aliphatic carbocycles. The number of imidazole rings is 1. The average Bonchev–Trinajstić information content (AvgIpc) is 2.76. The van der Waals surface area contributed by atoms with Crippen LogP contribution in [0.1, 0.15) is 0 Å². The van der Waals surface area contributed by atoms with Gasteiger partial charge in [-0.05, 0) is 34.1 Å². The number of H-pyrrole nitrogens is 1. The Bertz CT molecular complexity index is 749. The summed E-state index contributed by atoms with van der Waals surface area (Å²) in [6.07, 6.45) is 0. The van der Waals surface area contributed by atoms with Gasteiger partial charge in [0.15, 0.2) is 5.65 Å². The molecule has 0 radical (unpaired) electrons. The molecule has 1 N–H and O–H groups in total. The molecule has 96 valence electrons. The molecule has 1 aromatic carbocycles. The molecule has 19 heavy (non-hydrogen) atoms. The Morgan fingerprint density at radius 2 is 2.00 bits per heavy atom. The van der Waals surface area contributed by atoms with Crippen LogP contribution < -0.4 is 0 Å². The van der Waals surface area contributed by atoms with Crippen molar-refractivity contribution in [1.29, 1.82) is 0 Å². The molecule has 0 saturated carbocycles. The molecule has 0 atom stereocenters. The molecule has 0 fully saturated rings. The van der Waals surface area contributed by atoms with Gasteiger partial charge >= 0.3 is 0 Å². The highest BCUT2D eigenvalue weighted by molar-refractivity contribution is 9.10. The molecular formula is C12H5BrCl2FN3. The zero-order chi connectivity index (χ0) is 13.6. The second kappa shape index (κ2) is 4.74. The number of nitrogens with zero attached hydrogens (tertiary/aromatic N) is 2. The lowest BCUT2D eigenvalue weighted by Crippen LogP contribution is -1.87. The highest BCUT2D eigenvalue weighted by Gasteiger charge is 2.14. The summed E-state index contributed by atoms with van der Waals surface area (Å²) in [4.78, 5) is 11.2. The van der Waals surface area contributed by atoms with Crippen molar-refractivity contribution in [2.45, 2.75) is 0 Å². The lowest BCUT2D eigenvalue weighted by atomic mass is 10.2. The van der Waals surface area contributed by atoms with Gasteiger partial charge in [0, 0.05) is 0 Å². The van der Waals surface area contributed by atoms with Crippen LogP contribution >= 0.6 is 39.1 Å². The van der Waals surface area contributed by atoms with Gasteiger partial charge in [0.1, 0.15) is 16.8 Å². The van der Waals surface area contributed by atoms with E-state index in [1.165, 1.54) is 0 Å². The van der Waals surface area contributed by atoms with Gasteiger partial charge in [-0.2, -0.15) is 0 Å². The first kappa shape index (κ1) is 12.8. The normalized spacial score (nSPS) is 11.2. The first-order valence-electron chi connectivity index (χ1n) is 5.22. The largest absolute Gasteiger partial charge is 0.336 e. The first-order valence-corrected chi connectivity index (χ1v) is 6.77. The lowest BCUT2D eigenvalue weighted by Gasteiger charge is -2.00. The molecule has 0 aliphatic rings. The van der Waals surface area contributed by atoms with E-state index in [0.717, 1.165) is 0 Å². The van der Waals surface area contributed by atoms with Gasteiger partial charge in [-0.1, -0.05) is 29.3 Å². The van der Waals surface area contributed by atoms with Gasteiger partial charge in [-0.3, -0.25) is 0 Å². The number of nitrogens with one attached hydrogen (secondary N) is 1. The number of benzene rings is 1. The first-order chi connectivity index (χ1) is 9.06. The summed E-state index contributed by atoms with van der Waals surface area (Å²) in [5, 5.41) is 0.487. The molecule has 0 unspecified atom stereocenters. The summed E-state index contributed by atoms with van der Waals surface area (Å²) in [5.74, 6) is -0.0154. The fourth-order valence-corrected chi connectivity index (χ4v) is 2.36. The van der Waals surface area contributed by atoms with Gasteiger partial charge in [0.25, 0.3) is 0 Å². The van der Waals surface area contributed by atoms with Crippen molar-refractivity contribution in [1.82, 2.24) is 15.0 Å². The number of hydrogen-bond donors (Lipinski definition) is 1. The molecule has 7 heteroatoms. The predicted molar refractivity (Wildman–Crippen MR) is 77.0 cm³/mol. The minimum atomic E-state index is -0.390. The summed E-state index contributed by atoms with van der Waals surface area (Å²) in [5.41, 5.74) is 1.34. The van der Waals surface area contributed by atoms with Crippen molar-refractivity contribution in [3.05, 3.63) is 44.7 Å². The van der Waals surface area contributed by atoms with E-state index in [2.05, 4.69) is 30.9 Å². The Labute approximate surface area is 125 Å². The van der Waals surface area contributed by atoms with Crippen molar-refractivity contribution in [2.75, 3.05) is 0 Å². The third-order valence-corrected chi connectivity index (χ3v) is 3.88. The standard InChI is InChI=1S/C12H5BrCl2FN3/c13-6-3-1-2-5(9(6)16)11-17-8-4-7(14)10(15)18-12(8)19-11/h1-4H,(H,17,18,19). The maximum atomic E-state index is 14.0. The van der Waals surface area contributed by atoms with E-state index in [-0.39, 0.29) is 5.15 Å². The van der Waals surface area contributed by atoms with Crippen LogP contribution in [-0.2, 0) is 0 Å². The summed E-state index contributed by atoms with van der Waals surface area (Å²) in [7, 11) is 0. The van der Waals surface area contributed by atoms with Crippen molar-refractivity contribution in [3.63, 3.8) is 0 Å². The van der Waals surface area contributed by atoms with E-state index in [9.17, 15) is 4.39 Å². The smallest absolute Gasteiger partial charge is 0.179 e. The Morgan fingerprint density at radius 3 is 2.79 bits per heavy atom. The Balaban J connectivity index is 2.23. The van der Waals surface area contributed by atoms with Gasteiger partial charge in [0.2, 0.25) is 0 Å². The van der Waals surface area contributed by atoms with E-state index in [1.807, 2.05) is 0 Å². The quantitative estimate of drug-likeness (QED) is 0.631. The molecule has 2 heterocycles. The zero-order valence-electron chi connectivity index (χ0n) is 9.22. The monoisotopic (exact) mass is 359 g/mol. The van der Waals surface area contributed by atoms with Crippen LogP contribution in [0.15, 0.2) is 28.7 Å². The molecule has 3 rings (SSSR count). The Morgan fingerprint density at radius 1 is 1.21 bits per heavy atom. The van der Waals surface area contributed by atoms with E-state index < -0.39 is 5.82 Å². The van der Waals surface area contributed by atoms with Crippen LogP contribution in [0.3, 0.4) is 0 Å². The Hall–Kier alpha value is -1.17. The highest BCUT2D eigenvalue weighted by atomic mass is 79.9. The molecule has 0 saturated heterocycles. The number of halogens is 4. The molecule has 0 aliphatic heterocycles. The van der Waals surface area contributed by atoms with Crippen molar-refractivity contribution >= 4 is 50.3 Å². The zero-order valence-corrected chi connectivity index (χ0v) is 12.3. The van der Waals surface area contributed by atoms with Crippen molar-refractivity contribution in [3.8, 4) is 11.4 Å². The van der Waals surface area contributed by atoms with Gasteiger partial charge < -0.3 is 4.98 Å². The molecule has 0 amide bonds. The molecule has 0 bridgehead atoms. The van der Waals surface area contributed by atoms with Crippen LogP contribution in [0.4, 0.5) is 4.39 Å². The number of aromatic amines is 1. The predicted octanol–water partition coefficient (Wildman–Crippen LogP) is 4.83. The molecule has 3 aromatic rings. The van der Waals surface area contributed by atoms with Gasteiger partial charge in [-0.25, -0.2) is 14.4 Å². The van der Waals surface area contributed by atoms with Crippen LogP contribution in [-0.4, -0.2) is 15.0 Å². The van der Waals surface area contributed by atoms with Crippen LogP contribution in [0, 0.1) is 5.82 Å². The summed E-state index contributed by atoms with van der Waals surface area (Å²) >= 11 is 14.8. The number of aromatic nitrogens is 3. The second-order valence-electron chi connectivity index (χ2n) is 3.82. The number of fused-ring (bicyclic) bond motifs is 1. The third kappa shape index (κ3) is 2.22. The van der Waals surface area contributed by atoms with Crippen molar-refractivity contribution in [2.24, 2.45) is 0 Å². The van der Waals surface area contributed by atoms with E-state index in [1.54, 1.807) is 24.3 Å². The molecular weight excluding hydrogens is 356 g/mol. The van der Waals surface area contributed by atoms with Gasteiger partial charge in [0.05, 0.1) is 20.6 Å². The van der Waals surface area contributed by atoms with Crippen molar-refractivity contribution < 1.29 is 4.39 Å². The maximum absolute atomic E-state index is 14.0. The molecule has 2 aromatic heterocycles. The number of rotatable bonds is 1. The van der Waals surface area contributed by atoms with E-state index in [4.69, 9.17) is 23.2 Å². The molecule has 0 spiro atoms. The third-order valence-electron chi connectivity index (χ3n) is 2.59. The topological polar surface area (TPSA) is 41.6 Å². The van der Waals surface area contributed by atoms with Crippen LogP contribution in [0.25, 0.3) is 22.6 Å². The fourth-order valence-electron chi connectivity index (χ4n) is 1.71. The summed E-state index contributed by atoms with van der Waals surface area (Å²) in [6, 6.07) is 6.58. The van der Waals surface area contributed by atoms with Gasteiger partial charge in [-0.15, -0.1) is 0 Å². The summed E-state index contributed by atoms with van der Waals surface area (Å²) < 4.78 is 14.4. The fraction of sp³-hybridized carbons (Fsp3) is 0. The van der Waals surface area contributed by atoms with Crippen LogP contribution in [0.5, 0.6) is 0 Å². The number of pyridine rings is 1. The second-order valence-corrected chi connectivity index (χ2v) is 5.44. The lowest BCUT2D eigenvalue weighted by molar-refractivity contribution is 0.623. The van der Waals surface area contributed by atoms with E-state index in [0.29, 0.717) is 32.0 Å². The SMILES string of the molecule is Fc1c(Br)cccc1-c1nc2nc(Cl)c(Cl)cc2[nH]1. The van der Waals surface area contributed by atoms with E-state index >= 15 is 0 Å². The minimum absolute atomic E-state index is 0.168. The van der Waals surface area contributed by atoms with Crippen LogP contribution in [0.2, 0.25) is 10.2 Å². The summed E-state index contributed by atoms with van der Waals surface area (Å²) in [6.45, 7) is 0. The maximum Gasteiger partial charge on any atom is 0.179 e. The Kier molecular flexibility index (Phi) is 3.20. The minimum Gasteiger partial charge on any atom is -0.336 e. The highest BCUT2D eigenvalue weighted by Crippen LogP contribution is 2.29. The number of hydrogen-bond acceptors (Lipinski definition) is 2.